The van der Waals surface area contributed by atoms with Crippen LogP contribution in [-0.2, 0) is 6.42 Å². The van der Waals surface area contributed by atoms with Crippen molar-refractivity contribution >= 4 is 22.2 Å². The molecule has 7 nitrogen and oxygen atoms in total. The number of thiophene rings is 1. The molecule has 4 N–H and O–H groups in total. The molecule has 0 spiro atoms. The standard InChI is InChI=1S/C22H24FN3O4S/c1-30-20-18(17-8-12-11(15(24)9-27)3-2-4-16(12)31-17)14(23)7-13-19(20)26(10-5-6-10)22(29)25-21(13)28/h7-8,10-11,15,27H,2-6,9,24H2,1H3,(H,25,28,29). The van der Waals surface area contributed by atoms with Crippen molar-refractivity contribution in [1.82, 2.24) is 9.55 Å². The zero-order chi connectivity index (χ0) is 21.9. The van der Waals surface area contributed by atoms with Gasteiger partial charge in [0.1, 0.15) is 11.3 Å². The number of nitrogens with two attached hydrogens (primary N) is 1. The summed E-state index contributed by atoms with van der Waals surface area (Å²) in [4.78, 5) is 29.1. The summed E-state index contributed by atoms with van der Waals surface area (Å²) in [6.07, 6.45) is 4.35. The van der Waals surface area contributed by atoms with Crippen molar-refractivity contribution in [2.24, 2.45) is 5.73 Å². The Morgan fingerprint density at radius 3 is 2.81 bits per heavy atom. The summed E-state index contributed by atoms with van der Waals surface area (Å²) in [6.45, 7) is -0.112. The average Bonchev–Trinajstić information content (AvgIpc) is 3.49. The number of hydrogen-bond donors (Lipinski definition) is 3. The van der Waals surface area contributed by atoms with Gasteiger partial charge in [-0.1, -0.05) is 0 Å². The van der Waals surface area contributed by atoms with Gasteiger partial charge in [-0.15, -0.1) is 11.3 Å². The number of rotatable bonds is 5. The van der Waals surface area contributed by atoms with Gasteiger partial charge in [-0.3, -0.25) is 14.3 Å². The number of aliphatic hydroxyl groups is 1. The predicted molar refractivity (Wildman–Crippen MR) is 118 cm³/mol. The van der Waals surface area contributed by atoms with Gasteiger partial charge in [0, 0.05) is 27.8 Å². The molecule has 0 amide bonds. The molecule has 2 unspecified atom stereocenters. The second-order valence-electron chi connectivity index (χ2n) is 8.36. The first-order valence-corrected chi connectivity index (χ1v) is 11.3. The number of nitrogens with one attached hydrogen (secondary N) is 1. The first kappa shape index (κ1) is 20.4. The van der Waals surface area contributed by atoms with Crippen LogP contribution in [0.1, 0.15) is 48.1 Å². The number of hydrogen-bond acceptors (Lipinski definition) is 6. The number of aliphatic hydroxyl groups excluding tert-OH is 1. The fraction of sp³-hybridized carbons (Fsp3) is 0.455. The highest BCUT2D eigenvalue weighted by Gasteiger charge is 2.32. The minimum Gasteiger partial charge on any atom is -0.494 e. The fourth-order valence-electron chi connectivity index (χ4n) is 4.75. The molecule has 2 heterocycles. The molecule has 0 bridgehead atoms. The Balaban J connectivity index is 1.78. The van der Waals surface area contributed by atoms with E-state index in [1.165, 1.54) is 29.1 Å². The van der Waals surface area contributed by atoms with E-state index < -0.39 is 17.1 Å². The van der Waals surface area contributed by atoms with E-state index in [-0.39, 0.29) is 41.3 Å². The molecule has 3 aromatic rings. The largest absolute Gasteiger partial charge is 0.494 e. The second kappa shape index (κ2) is 7.58. The smallest absolute Gasteiger partial charge is 0.329 e. The fourth-order valence-corrected chi connectivity index (χ4v) is 6.07. The van der Waals surface area contributed by atoms with Crippen LogP contribution in [0, 0.1) is 5.82 Å². The van der Waals surface area contributed by atoms with Crippen LogP contribution in [0.2, 0.25) is 0 Å². The molecular weight excluding hydrogens is 421 g/mol. The summed E-state index contributed by atoms with van der Waals surface area (Å²) in [7, 11) is 1.43. The quantitative estimate of drug-likeness (QED) is 0.559. The topological polar surface area (TPSA) is 110 Å². The second-order valence-corrected chi connectivity index (χ2v) is 9.49. The summed E-state index contributed by atoms with van der Waals surface area (Å²) in [5.41, 5.74) is 6.65. The number of methoxy groups -OCH3 is 1. The van der Waals surface area contributed by atoms with E-state index in [2.05, 4.69) is 4.98 Å². The Kier molecular flexibility index (Phi) is 4.99. The van der Waals surface area contributed by atoms with Gasteiger partial charge < -0.3 is 15.6 Å². The summed E-state index contributed by atoms with van der Waals surface area (Å²) in [6, 6.07) is 2.73. The van der Waals surface area contributed by atoms with E-state index in [1.54, 1.807) is 0 Å². The molecule has 2 aromatic heterocycles. The lowest BCUT2D eigenvalue weighted by Gasteiger charge is -2.26. The van der Waals surface area contributed by atoms with Gasteiger partial charge >= 0.3 is 5.69 Å². The molecule has 2 aliphatic rings. The zero-order valence-electron chi connectivity index (χ0n) is 17.1. The highest BCUT2D eigenvalue weighted by Crippen LogP contribution is 2.47. The molecular formula is C22H24FN3O4S. The number of halogens is 1. The molecule has 164 valence electrons. The molecule has 1 saturated carbocycles. The van der Waals surface area contributed by atoms with E-state index in [4.69, 9.17) is 10.5 Å². The maximum atomic E-state index is 15.4. The molecule has 31 heavy (non-hydrogen) atoms. The number of nitrogens with zero attached hydrogens (tertiary/aromatic N) is 1. The van der Waals surface area contributed by atoms with Crippen LogP contribution in [0.5, 0.6) is 5.75 Å². The highest BCUT2D eigenvalue weighted by atomic mass is 32.1. The van der Waals surface area contributed by atoms with E-state index in [0.29, 0.717) is 10.4 Å². The van der Waals surface area contributed by atoms with Crippen LogP contribution in [0.15, 0.2) is 21.7 Å². The van der Waals surface area contributed by atoms with Crippen LogP contribution in [0.3, 0.4) is 0 Å². The molecule has 0 aliphatic heterocycles. The number of benzene rings is 1. The molecule has 5 rings (SSSR count). The Hall–Kier alpha value is -2.49. The molecule has 0 radical (unpaired) electrons. The molecule has 1 aromatic carbocycles. The zero-order valence-corrected chi connectivity index (χ0v) is 17.9. The highest BCUT2D eigenvalue weighted by molar-refractivity contribution is 7.15. The normalized spacial score (nSPS) is 19.4. The first-order chi connectivity index (χ1) is 14.9. The predicted octanol–water partition coefficient (Wildman–Crippen LogP) is 2.64. The number of fused-ring (bicyclic) bond motifs is 2. The lowest BCUT2D eigenvalue weighted by molar-refractivity contribution is 0.242. The van der Waals surface area contributed by atoms with Gasteiger partial charge in [0.05, 0.1) is 24.7 Å². The number of aromatic nitrogens is 2. The van der Waals surface area contributed by atoms with Crippen LogP contribution in [-0.4, -0.2) is 34.4 Å². The Bertz CT molecular complexity index is 1290. The van der Waals surface area contributed by atoms with Crippen molar-refractivity contribution in [3.63, 3.8) is 0 Å². The number of H-pyrrole nitrogens is 1. The summed E-state index contributed by atoms with van der Waals surface area (Å²) in [5.74, 6) is -0.357. The summed E-state index contributed by atoms with van der Waals surface area (Å²) < 4.78 is 22.6. The van der Waals surface area contributed by atoms with Gasteiger partial charge in [-0.2, -0.15) is 0 Å². The maximum absolute atomic E-state index is 15.4. The van der Waals surface area contributed by atoms with Crippen LogP contribution >= 0.6 is 11.3 Å². The van der Waals surface area contributed by atoms with Crippen LogP contribution in [0.25, 0.3) is 21.3 Å². The van der Waals surface area contributed by atoms with Gasteiger partial charge in [-0.25, -0.2) is 9.18 Å². The lowest BCUT2D eigenvalue weighted by Crippen LogP contribution is -2.33. The average molecular weight is 446 g/mol. The van der Waals surface area contributed by atoms with E-state index >= 15 is 4.39 Å². The van der Waals surface area contributed by atoms with Crippen molar-refractivity contribution in [3.05, 3.63) is 49.2 Å². The molecule has 2 aliphatic carbocycles. The third-order valence-electron chi connectivity index (χ3n) is 6.38. The monoisotopic (exact) mass is 445 g/mol. The molecule has 9 heteroatoms. The van der Waals surface area contributed by atoms with Crippen molar-refractivity contribution < 1.29 is 14.2 Å². The Labute approximate surface area is 181 Å². The lowest BCUT2D eigenvalue weighted by atomic mass is 9.83. The Morgan fingerprint density at radius 2 is 2.13 bits per heavy atom. The number of ether oxygens (including phenoxy) is 1. The molecule has 1 fully saturated rings. The van der Waals surface area contributed by atoms with Crippen molar-refractivity contribution in [3.8, 4) is 16.2 Å². The summed E-state index contributed by atoms with van der Waals surface area (Å²) in [5, 5.41) is 9.66. The van der Waals surface area contributed by atoms with Gasteiger partial charge in [0.2, 0.25) is 0 Å². The summed E-state index contributed by atoms with van der Waals surface area (Å²) >= 11 is 1.48. The number of aryl methyl sites for hydroxylation is 1. The van der Waals surface area contributed by atoms with Crippen molar-refractivity contribution in [1.29, 1.82) is 0 Å². The van der Waals surface area contributed by atoms with Crippen molar-refractivity contribution in [2.75, 3.05) is 13.7 Å². The van der Waals surface area contributed by atoms with Crippen molar-refractivity contribution in [2.45, 2.75) is 50.1 Å². The van der Waals surface area contributed by atoms with Gasteiger partial charge in [0.15, 0.2) is 5.75 Å². The number of aromatic amines is 1. The van der Waals surface area contributed by atoms with E-state index in [9.17, 15) is 14.7 Å². The minimum absolute atomic E-state index is 0.0146. The first-order valence-electron chi connectivity index (χ1n) is 10.5. The van der Waals surface area contributed by atoms with Crippen LogP contribution < -0.4 is 21.7 Å². The molecule has 2 atom stereocenters. The third-order valence-corrected chi connectivity index (χ3v) is 7.61. The SMILES string of the molecule is COc1c(-c2cc3c(s2)CCCC3C(N)CO)c(F)cc2c(=O)[nH]c(=O)n(C3CC3)c12. The van der Waals surface area contributed by atoms with E-state index in [0.717, 1.165) is 42.5 Å². The van der Waals surface area contributed by atoms with Gasteiger partial charge in [0.25, 0.3) is 5.56 Å². The maximum Gasteiger partial charge on any atom is 0.329 e. The van der Waals surface area contributed by atoms with Crippen LogP contribution in [0.4, 0.5) is 4.39 Å². The van der Waals surface area contributed by atoms with Gasteiger partial charge in [-0.05, 0) is 49.8 Å². The third kappa shape index (κ3) is 3.22. The Morgan fingerprint density at radius 1 is 1.35 bits per heavy atom. The minimum atomic E-state index is -0.625. The van der Waals surface area contributed by atoms with E-state index in [1.807, 2.05) is 6.07 Å². The molecule has 0 saturated heterocycles.